The molecule has 6 nitrogen and oxygen atoms in total. The summed E-state index contributed by atoms with van der Waals surface area (Å²) in [7, 11) is 0. The average Bonchev–Trinajstić information content (AvgIpc) is 3.17. The van der Waals surface area contributed by atoms with Crippen LogP contribution in [0.2, 0.25) is 10.0 Å². The minimum atomic E-state index is -0.781. The lowest BCUT2D eigenvalue weighted by molar-refractivity contribution is -0.130. The van der Waals surface area contributed by atoms with Gasteiger partial charge in [-0.2, -0.15) is 0 Å². The van der Waals surface area contributed by atoms with Crippen molar-refractivity contribution >= 4 is 47.1 Å². The molecule has 1 aliphatic rings. The predicted octanol–water partition coefficient (Wildman–Crippen LogP) is 4.92. The summed E-state index contributed by atoms with van der Waals surface area (Å²) < 4.78 is 5.73. The van der Waals surface area contributed by atoms with Crippen LogP contribution in [0.4, 0.5) is 4.79 Å². The van der Waals surface area contributed by atoms with Crippen LogP contribution >= 0.6 is 23.2 Å². The van der Waals surface area contributed by atoms with Gasteiger partial charge in [-0.05, 0) is 42.0 Å². The van der Waals surface area contributed by atoms with Gasteiger partial charge >= 0.3 is 6.03 Å². The Morgan fingerprint density at radius 2 is 1.73 bits per heavy atom. The van der Waals surface area contributed by atoms with Gasteiger partial charge in [0.25, 0.3) is 11.8 Å². The van der Waals surface area contributed by atoms with Crippen molar-refractivity contribution in [1.82, 2.24) is 10.2 Å². The van der Waals surface area contributed by atoms with Crippen LogP contribution in [0.15, 0.2) is 70.7 Å². The van der Waals surface area contributed by atoms with E-state index in [2.05, 4.69) is 5.32 Å². The molecule has 2 heterocycles. The second-order valence-corrected chi connectivity index (χ2v) is 7.36. The van der Waals surface area contributed by atoms with E-state index in [9.17, 15) is 14.4 Å². The molecule has 4 amide bonds. The second kappa shape index (κ2) is 8.18. The summed E-state index contributed by atoms with van der Waals surface area (Å²) in [4.78, 5) is 38.2. The number of amides is 4. The molecule has 150 valence electrons. The Balaban J connectivity index is 1.62. The lowest BCUT2D eigenvalue weighted by atomic mass is 10.1. The highest BCUT2D eigenvalue weighted by Gasteiger charge is 2.35. The fourth-order valence-corrected chi connectivity index (χ4v) is 3.51. The van der Waals surface area contributed by atoms with E-state index in [1.807, 2.05) is 6.07 Å². The zero-order valence-corrected chi connectivity index (χ0v) is 16.9. The van der Waals surface area contributed by atoms with E-state index in [4.69, 9.17) is 27.6 Å². The third-order valence-corrected chi connectivity index (χ3v) is 5.03. The van der Waals surface area contributed by atoms with Crippen LogP contribution in [-0.2, 0) is 16.1 Å². The smallest absolute Gasteiger partial charge is 0.331 e. The summed E-state index contributed by atoms with van der Waals surface area (Å²) in [5, 5.41) is 3.08. The molecule has 1 aromatic heterocycles. The zero-order chi connectivity index (χ0) is 21.3. The lowest BCUT2D eigenvalue weighted by Crippen LogP contribution is -2.53. The monoisotopic (exact) mass is 440 g/mol. The molecule has 0 atom stereocenters. The van der Waals surface area contributed by atoms with Gasteiger partial charge in [-0.3, -0.25) is 19.8 Å². The fourth-order valence-electron chi connectivity index (χ4n) is 3.01. The van der Waals surface area contributed by atoms with Gasteiger partial charge in [-0.1, -0.05) is 53.5 Å². The van der Waals surface area contributed by atoms with E-state index in [-0.39, 0.29) is 17.9 Å². The van der Waals surface area contributed by atoms with Crippen molar-refractivity contribution in [1.29, 1.82) is 0 Å². The third-order valence-electron chi connectivity index (χ3n) is 4.48. The van der Waals surface area contributed by atoms with Crippen molar-refractivity contribution in [2.75, 3.05) is 0 Å². The van der Waals surface area contributed by atoms with Gasteiger partial charge in [0, 0.05) is 10.6 Å². The Bertz CT molecular complexity index is 1180. The van der Waals surface area contributed by atoms with Gasteiger partial charge < -0.3 is 4.42 Å². The largest absolute Gasteiger partial charge is 0.457 e. The molecule has 0 unspecified atom stereocenters. The molecule has 2 aromatic carbocycles. The van der Waals surface area contributed by atoms with Gasteiger partial charge in [-0.25, -0.2) is 4.79 Å². The number of benzene rings is 2. The number of imide groups is 2. The minimum Gasteiger partial charge on any atom is -0.457 e. The molecule has 0 spiro atoms. The molecule has 0 bridgehead atoms. The van der Waals surface area contributed by atoms with Crippen molar-refractivity contribution in [3.63, 3.8) is 0 Å². The van der Waals surface area contributed by atoms with Crippen LogP contribution in [-0.4, -0.2) is 22.7 Å². The average molecular weight is 441 g/mol. The van der Waals surface area contributed by atoms with E-state index < -0.39 is 17.8 Å². The molecule has 3 aromatic rings. The molecular weight excluding hydrogens is 427 g/mol. The molecule has 30 heavy (non-hydrogen) atoms. The Labute approximate surface area is 181 Å². The number of furan rings is 1. The summed E-state index contributed by atoms with van der Waals surface area (Å²) in [6.45, 7) is 0.0416. The maximum atomic E-state index is 12.8. The van der Waals surface area contributed by atoms with Crippen molar-refractivity contribution in [3.8, 4) is 11.3 Å². The topological polar surface area (TPSA) is 79.6 Å². The Kier molecular flexibility index (Phi) is 5.44. The molecule has 1 saturated heterocycles. The number of nitrogens with zero attached hydrogens (tertiary/aromatic N) is 1. The fraction of sp³-hybridized carbons (Fsp3) is 0.0455. The second-order valence-electron chi connectivity index (χ2n) is 6.52. The Morgan fingerprint density at radius 1 is 0.967 bits per heavy atom. The van der Waals surface area contributed by atoms with E-state index in [1.54, 1.807) is 54.6 Å². The van der Waals surface area contributed by atoms with Crippen LogP contribution < -0.4 is 5.32 Å². The quantitative estimate of drug-likeness (QED) is 0.461. The van der Waals surface area contributed by atoms with Crippen molar-refractivity contribution in [3.05, 3.63) is 87.6 Å². The first-order valence-corrected chi connectivity index (χ1v) is 9.66. The van der Waals surface area contributed by atoms with Crippen molar-refractivity contribution in [2.24, 2.45) is 0 Å². The van der Waals surface area contributed by atoms with Gasteiger partial charge in [0.05, 0.1) is 11.6 Å². The molecule has 4 rings (SSSR count). The number of carbonyl (C=O) groups excluding carboxylic acids is 3. The van der Waals surface area contributed by atoms with Gasteiger partial charge in [0.15, 0.2) is 0 Å². The Hall–Kier alpha value is -3.35. The first-order valence-electron chi connectivity index (χ1n) is 8.90. The van der Waals surface area contributed by atoms with Crippen LogP contribution in [0.5, 0.6) is 0 Å². The molecule has 0 saturated carbocycles. The predicted molar refractivity (Wildman–Crippen MR) is 113 cm³/mol. The van der Waals surface area contributed by atoms with Crippen LogP contribution in [0, 0.1) is 0 Å². The SMILES string of the molecule is O=C1NC(=O)N(Cc2ccccc2)C(=O)C1=Cc1ccc(-c2ccc(Cl)cc2Cl)o1. The van der Waals surface area contributed by atoms with Crippen molar-refractivity contribution in [2.45, 2.75) is 6.54 Å². The van der Waals surface area contributed by atoms with Crippen molar-refractivity contribution < 1.29 is 18.8 Å². The summed E-state index contributed by atoms with van der Waals surface area (Å²) in [6, 6.07) is 16.5. The maximum Gasteiger partial charge on any atom is 0.331 e. The standard InChI is InChI=1S/C22H14Cl2N2O4/c23-14-6-8-16(18(24)10-14)19-9-7-15(30-19)11-17-20(27)25-22(29)26(21(17)28)12-13-4-2-1-3-5-13/h1-11H,12H2,(H,25,27,29). The summed E-state index contributed by atoms with van der Waals surface area (Å²) >= 11 is 12.1. The highest BCUT2D eigenvalue weighted by Crippen LogP contribution is 2.32. The lowest BCUT2D eigenvalue weighted by Gasteiger charge is -2.26. The van der Waals surface area contributed by atoms with Crippen LogP contribution in [0.1, 0.15) is 11.3 Å². The maximum absolute atomic E-state index is 12.8. The molecule has 1 fully saturated rings. The molecule has 0 radical (unpaired) electrons. The van der Waals surface area contributed by atoms with E-state index in [1.165, 1.54) is 6.08 Å². The number of rotatable bonds is 4. The van der Waals surface area contributed by atoms with Crippen LogP contribution in [0.3, 0.4) is 0 Å². The number of hydrogen-bond acceptors (Lipinski definition) is 4. The normalized spacial score (nSPS) is 15.6. The summed E-state index contributed by atoms with van der Waals surface area (Å²) in [5.41, 5.74) is 1.17. The number of barbiturate groups is 1. The summed E-state index contributed by atoms with van der Waals surface area (Å²) in [6.07, 6.45) is 1.30. The number of nitrogens with one attached hydrogen (secondary N) is 1. The van der Waals surface area contributed by atoms with E-state index in [0.29, 0.717) is 21.4 Å². The highest BCUT2D eigenvalue weighted by molar-refractivity contribution is 6.36. The minimum absolute atomic E-state index is 0.0416. The molecule has 8 heteroatoms. The Morgan fingerprint density at radius 3 is 2.47 bits per heavy atom. The number of urea groups is 1. The number of hydrogen-bond donors (Lipinski definition) is 1. The van der Waals surface area contributed by atoms with E-state index in [0.717, 1.165) is 10.5 Å². The van der Waals surface area contributed by atoms with Gasteiger partial charge in [-0.15, -0.1) is 0 Å². The molecule has 1 N–H and O–H groups in total. The molecule has 1 aliphatic heterocycles. The third kappa shape index (κ3) is 4.01. The van der Waals surface area contributed by atoms with Gasteiger partial charge in [0.1, 0.15) is 17.1 Å². The summed E-state index contributed by atoms with van der Waals surface area (Å²) in [5.74, 6) is -0.764. The first-order chi connectivity index (χ1) is 14.4. The van der Waals surface area contributed by atoms with E-state index >= 15 is 0 Å². The number of halogens is 2. The van der Waals surface area contributed by atoms with Crippen LogP contribution in [0.25, 0.3) is 17.4 Å². The molecular formula is C22H14Cl2N2O4. The number of carbonyl (C=O) groups is 3. The van der Waals surface area contributed by atoms with Gasteiger partial charge in [0.2, 0.25) is 0 Å². The first kappa shape index (κ1) is 19.9. The molecule has 0 aliphatic carbocycles. The zero-order valence-electron chi connectivity index (χ0n) is 15.4. The highest BCUT2D eigenvalue weighted by atomic mass is 35.5.